The van der Waals surface area contributed by atoms with Crippen LogP contribution in [0.2, 0.25) is 19.6 Å². The lowest BCUT2D eigenvalue weighted by Gasteiger charge is -2.08. The van der Waals surface area contributed by atoms with E-state index in [1.54, 1.807) is 10.9 Å². The number of rotatable bonds is 3. The van der Waals surface area contributed by atoms with Crippen molar-refractivity contribution in [2.24, 2.45) is 0 Å². The molecule has 3 aromatic carbocycles. The molecule has 34 heavy (non-hydrogen) atoms. The molecule has 0 N–H and O–H groups in total. The number of nitrogens with zero attached hydrogens (tertiary/aromatic N) is 3. The first-order valence-electron chi connectivity index (χ1n) is 11.1. The highest BCUT2D eigenvalue weighted by Crippen LogP contribution is 2.27. The van der Waals surface area contributed by atoms with Crippen LogP contribution in [0.15, 0.2) is 94.3 Å². The van der Waals surface area contributed by atoms with Crippen LogP contribution in [-0.4, -0.2) is 23.1 Å². The summed E-state index contributed by atoms with van der Waals surface area (Å²) in [5.41, 5.74) is 8.38. The molecule has 6 heteroatoms. The summed E-state index contributed by atoms with van der Waals surface area (Å²) in [7, 11) is -1.44. The smallest absolute Gasteiger partial charge is 0.344 e. The molecule has 0 aliphatic carbocycles. The summed E-state index contributed by atoms with van der Waals surface area (Å²) in [4.78, 5) is 12.8. The molecule has 0 aliphatic rings. The molecule has 2 heterocycles. The Bertz CT molecular complexity index is 1600. The van der Waals surface area contributed by atoms with E-state index in [1.807, 2.05) is 78.9 Å². The highest BCUT2D eigenvalue weighted by atomic mass is 28.3. The van der Waals surface area contributed by atoms with E-state index in [1.165, 1.54) is 0 Å². The van der Waals surface area contributed by atoms with Crippen molar-refractivity contribution in [3.8, 4) is 39.5 Å². The summed E-state index contributed by atoms with van der Waals surface area (Å²) in [6.45, 7) is 6.64. The van der Waals surface area contributed by atoms with Crippen molar-refractivity contribution in [2.75, 3.05) is 0 Å². The van der Waals surface area contributed by atoms with Crippen molar-refractivity contribution < 1.29 is 4.42 Å². The van der Waals surface area contributed by atoms with Crippen molar-refractivity contribution in [3.63, 3.8) is 0 Å². The molecular weight excluding hydrogens is 438 g/mol. The Morgan fingerprint density at radius 2 is 1.62 bits per heavy atom. The molecule has 0 atom stereocenters. The average molecular weight is 462 g/mol. The van der Waals surface area contributed by atoms with Gasteiger partial charge < -0.3 is 4.42 Å². The Kier molecular flexibility index (Phi) is 5.48. The fraction of sp³-hybridized carbons (Fsp3) is 0.107. The molecule has 0 saturated heterocycles. The van der Waals surface area contributed by atoms with Crippen molar-refractivity contribution in [3.05, 3.63) is 101 Å². The second-order valence-corrected chi connectivity index (χ2v) is 13.9. The second-order valence-electron chi connectivity index (χ2n) is 9.14. The fourth-order valence-electron chi connectivity index (χ4n) is 3.66. The van der Waals surface area contributed by atoms with Crippen LogP contribution in [-0.2, 0) is 0 Å². The van der Waals surface area contributed by atoms with Crippen LogP contribution in [0.1, 0.15) is 5.56 Å². The van der Waals surface area contributed by atoms with E-state index in [0.717, 1.165) is 33.5 Å². The summed E-state index contributed by atoms with van der Waals surface area (Å²) in [6.07, 6.45) is 1.70. The number of para-hydroxylation sites is 1. The predicted molar refractivity (Wildman–Crippen MR) is 138 cm³/mol. The maximum atomic E-state index is 12.8. The van der Waals surface area contributed by atoms with Gasteiger partial charge in [-0.1, -0.05) is 73.2 Å². The molecule has 2 aromatic heterocycles. The first kappa shape index (κ1) is 21.6. The van der Waals surface area contributed by atoms with Crippen LogP contribution in [0.3, 0.4) is 0 Å². The molecule has 0 unspecified atom stereocenters. The average Bonchev–Trinajstić information content (AvgIpc) is 3.32. The molecular formula is C28H23N3O2Si. The van der Waals surface area contributed by atoms with Gasteiger partial charge in [0.1, 0.15) is 13.7 Å². The Morgan fingerprint density at radius 1 is 0.882 bits per heavy atom. The Labute approximate surface area is 198 Å². The van der Waals surface area contributed by atoms with Crippen LogP contribution in [0.4, 0.5) is 0 Å². The largest absolute Gasteiger partial charge is 0.422 e. The maximum absolute atomic E-state index is 12.8. The van der Waals surface area contributed by atoms with Gasteiger partial charge in [-0.05, 0) is 42.0 Å². The zero-order valence-corrected chi connectivity index (χ0v) is 20.2. The zero-order valence-electron chi connectivity index (χ0n) is 19.2. The van der Waals surface area contributed by atoms with Crippen molar-refractivity contribution in [1.29, 1.82) is 0 Å². The van der Waals surface area contributed by atoms with Gasteiger partial charge in [-0.15, -0.1) is 10.6 Å². The van der Waals surface area contributed by atoms with E-state index in [2.05, 4.69) is 41.4 Å². The van der Waals surface area contributed by atoms with Gasteiger partial charge in [0.15, 0.2) is 0 Å². The van der Waals surface area contributed by atoms with Crippen molar-refractivity contribution in [1.82, 2.24) is 15.0 Å². The maximum Gasteiger partial charge on any atom is 0.344 e. The molecule has 5 rings (SSSR count). The number of fused-ring (bicyclic) bond motifs is 1. The summed E-state index contributed by atoms with van der Waals surface area (Å²) in [5, 5.41) is 9.13. The standard InChI is InChI=1S/C28H23N3O2Si/c1-34(2,3)16-15-20-9-11-21(12-10-20)25-17-23-14-13-22(18-27(23)33-28(25)32)26-19-29-30-31(26)24-7-5-4-6-8-24/h4-14,17-19H,1-3H3. The normalized spacial score (nSPS) is 11.3. The number of hydrogen-bond acceptors (Lipinski definition) is 4. The highest BCUT2D eigenvalue weighted by Gasteiger charge is 2.13. The summed E-state index contributed by atoms with van der Waals surface area (Å²) < 4.78 is 7.49. The SMILES string of the molecule is C[Si](C)(C)C#Cc1ccc(-c2cc3ccc(-c4cnnn4-c4ccccc4)cc3oc2=O)cc1. The van der Waals surface area contributed by atoms with Gasteiger partial charge in [-0.2, -0.15) is 0 Å². The lowest BCUT2D eigenvalue weighted by Crippen LogP contribution is -2.16. The van der Waals surface area contributed by atoms with Crippen LogP contribution in [0, 0.1) is 11.5 Å². The first-order chi connectivity index (χ1) is 16.4. The van der Waals surface area contributed by atoms with E-state index < -0.39 is 8.07 Å². The highest BCUT2D eigenvalue weighted by molar-refractivity contribution is 6.83. The van der Waals surface area contributed by atoms with Crippen molar-refractivity contribution in [2.45, 2.75) is 19.6 Å². The van der Waals surface area contributed by atoms with Gasteiger partial charge in [0, 0.05) is 16.5 Å². The van der Waals surface area contributed by atoms with Gasteiger partial charge in [0.2, 0.25) is 0 Å². The van der Waals surface area contributed by atoms with E-state index in [4.69, 9.17) is 4.42 Å². The molecule has 0 bridgehead atoms. The van der Waals surface area contributed by atoms with Crippen LogP contribution in [0.25, 0.3) is 39.0 Å². The monoisotopic (exact) mass is 461 g/mol. The zero-order chi connectivity index (χ0) is 23.7. The Morgan fingerprint density at radius 3 is 2.35 bits per heavy atom. The van der Waals surface area contributed by atoms with Crippen LogP contribution in [0.5, 0.6) is 0 Å². The topological polar surface area (TPSA) is 60.9 Å². The molecule has 0 saturated carbocycles. The summed E-state index contributed by atoms with van der Waals surface area (Å²) in [5.74, 6) is 3.24. The van der Waals surface area contributed by atoms with Gasteiger partial charge >= 0.3 is 5.63 Å². The second kappa shape index (κ2) is 8.62. The quantitative estimate of drug-likeness (QED) is 0.190. The minimum atomic E-state index is -1.44. The molecule has 0 radical (unpaired) electrons. The number of hydrogen-bond donors (Lipinski definition) is 0. The Hall–Kier alpha value is -4.21. The molecule has 5 nitrogen and oxygen atoms in total. The van der Waals surface area contributed by atoms with E-state index >= 15 is 0 Å². The molecule has 0 amide bonds. The van der Waals surface area contributed by atoms with Gasteiger partial charge in [0.05, 0.1) is 23.1 Å². The molecule has 5 aromatic rings. The van der Waals surface area contributed by atoms with E-state index in [9.17, 15) is 4.79 Å². The molecule has 0 aliphatic heterocycles. The van der Waals surface area contributed by atoms with E-state index in [0.29, 0.717) is 11.1 Å². The third-order valence-electron chi connectivity index (χ3n) is 5.36. The summed E-state index contributed by atoms with van der Waals surface area (Å²) >= 11 is 0. The Balaban J connectivity index is 1.50. The molecule has 166 valence electrons. The number of aromatic nitrogens is 3. The predicted octanol–water partition coefficient (Wildman–Crippen LogP) is 5.94. The minimum absolute atomic E-state index is 0.375. The lowest BCUT2D eigenvalue weighted by molar-refractivity contribution is 0.563. The number of benzene rings is 3. The third kappa shape index (κ3) is 4.47. The first-order valence-corrected chi connectivity index (χ1v) is 14.6. The van der Waals surface area contributed by atoms with Gasteiger partial charge in [0.25, 0.3) is 0 Å². The van der Waals surface area contributed by atoms with Crippen LogP contribution >= 0.6 is 0 Å². The van der Waals surface area contributed by atoms with Gasteiger partial charge in [-0.3, -0.25) is 0 Å². The minimum Gasteiger partial charge on any atom is -0.422 e. The van der Waals surface area contributed by atoms with Gasteiger partial charge in [-0.25, -0.2) is 9.48 Å². The molecule has 0 fully saturated rings. The third-order valence-corrected chi connectivity index (χ3v) is 6.23. The fourth-order valence-corrected chi connectivity index (χ4v) is 4.18. The summed E-state index contributed by atoms with van der Waals surface area (Å²) in [6, 6.07) is 25.2. The lowest BCUT2D eigenvalue weighted by atomic mass is 10.0. The van der Waals surface area contributed by atoms with Crippen LogP contribution < -0.4 is 5.63 Å². The molecule has 0 spiro atoms. The van der Waals surface area contributed by atoms with E-state index in [-0.39, 0.29) is 5.63 Å². The van der Waals surface area contributed by atoms with Crippen molar-refractivity contribution >= 4 is 19.0 Å².